The topological polar surface area (TPSA) is 92.6 Å². The van der Waals surface area contributed by atoms with Gasteiger partial charge in [-0.1, -0.05) is 0 Å². The zero-order chi connectivity index (χ0) is 13.8. The molecule has 0 unspecified atom stereocenters. The second-order valence-electron chi connectivity index (χ2n) is 3.95. The molecular weight excluding hydrogens is 256 g/mol. The van der Waals surface area contributed by atoms with Gasteiger partial charge in [-0.2, -0.15) is 10.4 Å². The highest BCUT2D eigenvalue weighted by Gasteiger charge is 2.07. The van der Waals surface area contributed by atoms with Crippen LogP contribution in [0, 0.1) is 11.3 Å². The highest BCUT2D eigenvalue weighted by atomic mass is 16.3. The molecule has 0 amide bonds. The molecule has 0 bridgehead atoms. The summed E-state index contributed by atoms with van der Waals surface area (Å²) in [5.41, 5.74) is 0.799. The van der Waals surface area contributed by atoms with Crippen molar-refractivity contribution in [2.45, 2.75) is 6.54 Å². The zero-order valence-corrected chi connectivity index (χ0v) is 10.4. The van der Waals surface area contributed by atoms with Crippen molar-refractivity contribution in [3.63, 3.8) is 0 Å². The van der Waals surface area contributed by atoms with Crippen LogP contribution in [0.1, 0.15) is 11.5 Å². The van der Waals surface area contributed by atoms with Gasteiger partial charge in [-0.15, -0.1) is 0 Å². The number of nitrogens with one attached hydrogen (secondary N) is 1. The van der Waals surface area contributed by atoms with Crippen LogP contribution in [0.3, 0.4) is 0 Å². The Balaban J connectivity index is 1.80. The molecule has 0 fully saturated rings. The third-order valence-electron chi connectivity index (χ3n) is 2.65. The largest absolute Gasteiger partial charge is 0.449 e. The average Bonchev–Trinajstić information content (AvgIpc) is 3.17. The molecule has 7 heteroatoms. The van der Waals surface area contributed by atoms with Crippen molar-refractivity contribution in [2.75, 3.05) is 5.32 Å². The minimum atomic E-state index is 0.296. The molecule has 0 saturated heterocycles. The van der Waals surface area contributed by atoms with Crippen LogP contribution in [0.5, 0.6) is 0 Å². The molecule has 0 aromatic carbocycles. The third kappa shape index (κ3) is 2.35. The Morgan fingerprint density at radius 1 is 1.35 bits per heavy atom. The van der Waals surface area contributed by atoms with E-state index in [-0.39, 0.29) is 0 Å². The Kier molecular flexibility index (Phi) is 3.12. The predicted molar refractivity (Wildman–Crippen MR) is 69.9 cm³/mol. The summed E-state index contributed by atoms with van der Waals surface area (Å²) in [7, 11) is 0. The highest BCUT2D eigenvalue weighted by Crippen LogP contribution is 2.17. The maximum absolute atomic E-state index is 8.71. The molecule has 3 aromatic heterocycles. The van der Waals surface area contributed by atoms with E-state index in [1.807, 2.05) is 18.2 Å². The molecule has 0 aliphatic carbocycles. The summed E-state index contributed by atoms with van der Waals surface area (Å²) in [6, 6.07) is 9.06. The molecule has 1 N–H and O–H groups in total. The fraction of sp³-hybridized carbons (Fsp3) is 0.0769. The molecule has 0 saturated carbocycles. The van der Waals surface area contributed by atoms with E-state index in [4.69, 9.17) is 9.68 Å². The number of anilines is 1. The number of rotatable bonds is 4. The van der Waals surface area contributed by atoms with Crippen LogP contribution >= 0.6 is 0 Å². The SMILES string of the molecule is N#Cc1ccc(CNc2cccnc2-n2cncn2)o1. The normalized spacial score (nSPS) is 10.2. The molecule has 0 spiro atoms. The summed E-state index contributed by atoms with van der Waals surface area (Å²) in [6.45, 7) is 0.453. The van der Waals surface area contributed by atoms with E-state index in [9.17, 15) is 0 Å². The van der Waals surface area contributed by atoms with Gasteiger partial charge in [0.1, 0.15) is 24.5 Å². The molecule has 0 radical (unpaired) electrons. The van der Waals surface area contributed by atoms with E-state index in [2.05, 4.69) is 20.4 Å². The van der Waals surface area contributed by atoms with Gasteiger partial charge in [0.15, 0.2) is 5.82 Å². The van der Waals surface area contributed by atoms with Crippen LogP contribution in [0.15, 0.2) is 47.5 Å². The zero-order valence-electron chi connectivity index (χ0n) is 10.4. The lowest BCUT2D eigenvalue weighted by molar-refractivity contribution is 0.506. The Labute approximate surface area is 114 Å². The second-order valence-corrected chi connectivity index (χ2v) is 3.95. The molecule has 7 nitrogen and oxygen atoms in total. The highest BCUT2D eigenvalue weighted by molar-refractivity contribution is 5.56. The summed E-state index contributed by atoms with van der Waals surface area (Å²) in [5, 5.41) is 16.0. The van der Waals surface area contributed by atoms with E-state index in [1.54, 1.807) is 29.3 Å². The number of furan rings is 1. The van der Waals surface area contributed by atoms with Crippen molar-refractivity contribution in [2.24, 2.45) is 0 Å². The van der Waals surface area contributed by atoms with Crippen LogP contribution in [0.25, 0.3) is 5.82 Å². The van der Waals surface area contributed by atoms with Gasteiger partial charge in [0, 0.05) is 6.20 Å². The molecule has 3 aromatic rings. The van der Waals surface area contributed by atoms with Gasteiger partial charge in [0.05, 0.1) is 12.2 Å². The van der Waals surface area contributed by atoms with Crippen LogP contribution in [0.4, 0.5) is 5.69 Å². The lowest BCUT2D eigenvalue weighted by Gasteiger charge is -2.09. The van der Waals surface area contributed by atoms with Crippen LogP contribution in [-0.4, -0.2) is 19.7 Å². The van der Waals surface area contributed by atoms with Crippen molar-refractivity contribution in [3.8, 4) is 11.9 Å². The van der Waals surface area contributed by atoms with Crippen molar-refractivity contribution in [1.29, 1.82) is 5.26 Å². The van der Waals surface area contributed by atoms with Gasteiger partial charge in [-0.3, -0.25) is 0 Å². The van der Waals surface area contributed by atoms with Crippen molar-refractivity contribution < 1.29 is 4.42 Å². The first-order valence-corrected chi connectivity index (χ1v) is 5.89. The Morgan fingerprint density at radius 3 is 3.05 bits per heavy atom. The van der Waals surface area contributed by atoms with Gasteiger partial charge in [-0.05, 0) is 24.3 Å². The van der Waals surface area contributed by atoms with Crippen molar-refractivity contribution >= 4 is 5.69 Å². The van der Waals surface area contributed by atoms with Gasteiger partial charge in [0.2, 0.25) is 5.76 Å². The Bertz CT molecular complexity index is 740. The molecule has 20 heavy (non-hydrogen) atoms. The maximum Gasteiger partial charge on any atom is 0.203 e. The number of pyridine rings is 1. The maximum atomic E-state index is 8.71. The fourth-order valence-corrected chi connectivity index (χ4v) is 1.75. The lowest BCUT2D eigenvalue weighted by atomic mass is 10.3. The third-order valence-corrected chi connectivity index (χ3v) is 2.65. The minimum absolute atomic E-state index is 0.296. The summed E-state index contributed by atoms with van der Waals surface area (Å²) in [6.07, 6.45) is 4.71. The van der Waals surface area contributed by atoms with E-state index < -0.39 is 0 Å². The molecule has 0 aliphatic heterocycles. The predicted octanol–water partition coefficient (Wildman–Crippen LogP) is 1.74. The van der Waals surface area contributed by atoms with Crippen molar-refractivity contribution in [3.05, 3.63) is 54.6 Å². The second kappa shape index (κ2) is 5.24. The molecule has 98 valence electrons. The summed E-state index contributed by atoms with van der Waals surface area (Å²) in [4.78, 5) is 8.17. The van der Waals surface area contributed by atoms with Gasteiger partial charge in [0.25, 0.3) is 0 Å². The van der Waals surface area contributed by atoms with E-state index in [0.29, 0.717) is 23.9 Å². The number of nitriles is 1. The van der Waals surface area contributed by atoms with Gasteiger partial charge >= 0.3 is 0 Å². The van der Waals surface area contributed by atoms with Crippen LogP contribution < -0.4 is 5.32 Å². The van der Waals surface area contributed by atoms with Gasteiger partial charge in [-0.25, -0.2) is 14.6 Å². The van der Waals surface area contributed by atoms with E-state index >= 15 is 0 Å². The first-order chi connectivity index (χ1) is 9.86. The quantitative estimate of drug-likeness (QED) is 0.773. The monoisotopic (exact) mass is 266 g/mol. The number of hydrogen-bond acceptors (Lipinski definition) is 6. The number of hydrogen-bond donors (Lipinski definition) is 1. The number of nitrogens with zero attached hydrogens (tertiary/aromatic N) is 5. The Morgan fingerprint density at radius 2 is 2.30 bits per heavy atom. The average molecular weight is 266 g/mol. The van der Waals surface area contributed by atoms with Crippen LogP contribution in [0.2, 0.25) is 0 Å². The number of aromatic nitrogens is 4. The van der Waals surface area contributed by atoms with Gasteiger partial charge < -0.3 is 9.73 Å². The molecule has 0 atom stereocenters. The fourth-order valence-electron chi connectivity index (χ4n) is 1.75. The molecular formula is C13H10N6O. The summed E-state index contributed by atoms with van der Waals surface area (Å²) < 4.78 is 6.88. The smallest absolute Gasteiger partial charge is 0.203 e. The minimum Gasteiger partial charge on any atom is -0.449 e. The first-order valence-electron chi connectivity index (χ1n) is 5.89. The Hall–Kier alpha value is -3.14. The molecule has 3 rings (SSSR count). The van der Waals surface area contributed by atoms with E-state index in [0.717, 1.165) is 5.69 Å². The lowest BCUT2D eigenvalue weighted by Crippen LogP contribution is -2.06. The van der Waals surface area contributed by atoms with E-state index in [1.165, 1.54) is 6.33 Å². The standard InChI is InChI=1S/C13H10N6O/c14-6-10-3-4-11(20-10)7-17-12-2-1-5-16-13(12)19-9-15-8-18-19/h1-5,8-9,17H,7H2. The first kappa shape index (κ1) is 11.9. The summed E-state index contributed by atoms with van der Waals surface area (Å²) in [5.74, 6) is 1.62. The summed E-state index contributed by atoms with van der Waals surface area (Å²) >= 11 is 0. The molecule has 3 heterocycles. The van der Waals surface area contributed by atoms with Crippen molar-refractivity contribution in [1.82, 2.24) is 19.7 Å². The molecule has 0 aliphatic rings. The van der Waals surface area contributed by atoms with Crippen LogP contribution in [-0.2, 0) is 6.54 Å².